The summed E-state index contributed by atoms with van der Waals surface area (Å²) in [5, 5.41) is 3.94. The smallest absolute Gasteiger partial charge is 0.337 e. The number of hydrogen-bond acceptors (Lipinski definition) is 6. The zero-order chi connectivity index (χ0) is 16.9. The number of carbonyl (C=O) groups excluding carboxylic acids is 1. The van der Waals surface area contributed by atoms with Crippen LogP contribution in [-0.2, 0) is 11.3 Å². The zero-order valence-corrected chi connectivity index (χ0v) is 14.3. The second-order valence-electron chi connectivity index (χ2n) is 4.83. The van der Waals surface area contributed by atoms with Gasteiger partial charge in [0.1, 0.15) is 5.75 Å². The van der Waals surface area contributed by atoms with Gasteiger partial charge in [-0.3, -0.25) is 0 Å². The number of halogens is 1. The van der Waals surface area contributed by atoms with E-state index in [4.69, 9.17) is 9.26 Å². The second-order valence-corrected chi connectivity index (χ2v) is 5.74. The Hall–Kier alpha value is -2.67. The predicted molar refractivity (Wildman–Crippen MR) is 89.5 cm³/mol. The summed E-state index contributed by atoms with van der Waals surface area (Å²) < 4.78 is 16.3. The number of aromatic nitrogens is 2. The Morgan fingerprint density at radius 3 is 2.71 bits per heavy atom. The first-order valence-electron chi connectivity index (χ1n) is 7.05. The highest BCUT2D eigenvalue weighted by molar-refractivity contribution is 9.10. The molecule has 0 atom stereocenters. The van der Waals surface area contributed by atoms with E-state index in [1.165, 1.54) is 7.11 Å². The van der Waals surface area contributed by atoms with Crippen molar-refractivity contribution in [1.82, 2.24) is 10.1 Å². The largest absolute Gasteiger partial charge is 0.484 e. The van der Waals surface area contributed by atoms with E-state index >= 15 is 0 Å². The first-order valence-corrected chi connectivity index (χ1v) is 7.85. The SMILES string of the molecule is COC(=O)c1ccc(OCc2nc(-c3cccc(Br)c3)no2)cc1. The molecule has 0 amide bonds. The molecule has 3 aromatic rings. The first-order chi connectivity index (χ1) is 11.7. The number of nitrogens with zero attached hydrogens (tertiary/aromatic N) is 2. The third kappa shape index (κ3) is 3.80. The fourth-order valence-electron chi connectivity index (χ4n) is 2.01. The van der Waals surface area contributed by atoms with E-state index in [1.807, 2.05) is 24.3 Å². The third-order valence-corrected chi connectivity index (χ3v) is 3.68. The average molecular weight is 389 g/mol. The van der Waals surface area contributed by atoms with Crippen molar-refractivity contribution in [3.63, 3.8) is 0 Å². The zero-order valence-electron chi connectivity index (χ0n) is 12.7. The molecule has 6 nitrogen and oxygen atoms in total. The lowest BCUT2D eigenvalue weighted by Crippen LogP contribution is -2.01. The number of benzene rings is 2. The molecule has 0 N–H and O–H groups in total. The molecule has 2 aromatic carbocycles. The number of hydrogen-bond donors (Lipinski definition) is 0. The van der Waals surface area contributed by atoms with Crippen LogP contribution in [0.2, 0.25) is 0 Å². The van der Waals surface area contributed by atoms with Crippen LogP contribution >= 0.6 is 15.9 Å². The van der Waals surface area contributed by atoms with E-state index in [9.17, 15) is 4.79 Å². The topological polar surface area (TPSA) is 74.5 Å². The number of rotatable bonds is 5. The number of carbonyl (C=O) groups is 1. The summed E-state index contributed by atoms with van der Waals surface area (Å²) in [5.41, 5.74) is 1.31. The van der Waals surface area contributed by atoms with Crippen LogP contribution in [0.15, 0.2) is 57.5 Å². The van der Waals surface area contributed by atoms with E-state index in [0.717, 1.165) is 10.0 Å². The van der Waals surface area contributed by atoms with Crippen LogP contribution < -0.4 is 4.74 Å². The van der Waals surface area contributed by atoms with E-state index in [-0.39, 0.29) is 6.61 Å². The molecule has 0 saturated carbocycles. The van der Waals surface area contributed by atoms with Gasteiger partial charge in [0.2, 0.25) is 5.82 Å². The minimum absolute atomic E-state index is 0.137. The summed E-state index contributed by atoms with van der Waals surface area (Å²) in [5.74, 6) is 1.06. The molecule has 0 saturated heterocycles. The lowest BCUT2D eigenvalue weighted by atomic mass is 10.2. The summed E-state index contributed by atoms with van der Waals surface area (Å²) in [6.45, 7) is 0.137. The Kier molecular flexibility index (Phi) is 4.90. The van der Waals surface area contributed by atoms with Gasteiger partial charge >= 0.3 is 5.97 Å². The second kappa shape index (κ2) is 7.27. The molecular formula is C17H13BrN2O4. The van der Waals surface area contributed by atoms with Gasteiger partial charge in [0.15, 0.2) is 6.61 Å². The van der Waals surface area contributed by atoms with Crippen LogP contribution in [0.5, 0.6) is 5.75 Å². The Morgan fingerprint density at radius 1 is 1.21 bits per heavy atom. The molecule has 24 heavy (non-hydrogen) atoms. The molecule has 0 fully saturated rings. The molecule has 0 bridgehead atoms. The van der Waals surface area contributed by atoms with Gasteiger partial charge in [-0.05, 0) is 36.4 Å². The highest BCUT2D eigenvalue weighted by atomic mass is 79.9. The van der Waals surface area contributed by atoms with E-state index in [1.54, 1.807) is 24.3 Å². The van der Waals surface area contributed by atoms with Gasteiger partial charge in [-0.25, -0.2) is 4.79 Å². The van der Waals surface area contributed by atoms with Gasteiger partial charge in [-0.15, -0.1) is 0 Å². The molecule has 0 aliphatic heterocycles. The molecule has 0 spiro atoms. The molecule has 3 rings (SSSR count). The van der Waals surface area contributed by atoms with Gasteiger partial charge in [-0.1, -0.05) is 33.2 Å². The number of methoxy groups -OCH3 is 1. The fourth-order valence-corrected chi connectivity index (χ4v) is 2.41. The summed E-state index contributed by atoms with van der Waals surface area (Å²) in [4.78, 5) is 15.7. The van der Waals surface area contributed by atoms with Crippen LogP contribution in [0.1, 0.15) is 16.2 Å². The summed E-state index contributed by atoms with van der Waals surface area (Å²) >= 11 is 3.40. The summed E-state index contributed by atoms with van der Waals surface area (Å²) in [6.07, 6.45) is 0. The Balaban J connectivity index is 1.64. The molecule has 0 aliphatic rings. The van der Waals surface area contributed by atoms with Crippen molar-refractivity contribution in [2.75, 3.05) is 7.11 Å². The van der Waals surface area contributed by atoms with E-state index < -0.39 is 5.97 Å². The minimum Gasteiger partial charge on any atom is -0.484 e. The highest BCUT2D eigenvalue weighted by Gasteiger charge is 2.10. The van der Waals surface area contributed by atoms with E-state index in [0.29, 0.717) is 23.0 Å². The van der Waals surface area contributed by atoms with Gasteiger partial charge < -0.3 is 14.0 Å². The Bertz CT molecular complexity index is 846. The molecule has 7 heteroatoms. The maximum absolute atomic E-state index is 11.4. The quantitative estimate of drug-likeness (QED) is 0.617. The maximum Gasteiger partial charge on any atom is 0.337 e. The van der Waals surface area contributed by atoms with Crippen molar-refractivity contribution in [1.29, 1.82) is 0 Å². The summed E-state index contributed by atoms with van der Waals surface area (Å²) in [6, 6.07) is 14.2. The Labute approximate surface area is 146 Å². The van der Waals surface area contributed by atoms with Crippen LogP contribution in [0.25, 0.3) is 11.4 Å². The van der Waals surface area contributed by atoms with Gasteiger partial charge in [-0.2, -0.15) is 4.98 Å². The van der Waals surface area contributed by atoms with Gasteiger partial charge in [0.05, 0.1) is 12.7 Å². The predicted octanol–water partition coefficient (Wildman–Crippen LogP) is 3.86. The molecule has 122 valence electrons. The van der Waals surface area contributed by atoms with Gasteiger partial charge in [0.25, 0.3) is 5.89 Å². The van der Waals surface area contributed by atoms with Crippen LogP contribution in [-0.4, -0.2) is 23.2 Å². The van der Waals surface area contributed by atoms with Crippen molar-refractivity contribution in [3.05, 3.63) is 64.5 Å². The molecule has 0 aliphatic carbocycles. The molecule has 1 aromatic heterocycles. The average Bonchev–Trinajstić information content (AvgIpc) is 3.09. The van der Waals surface area contributed by atoms with Crippen molar-refractivity contribution < 1.29 is 18.8 Å². The van der Waals surface area contributed by atoms with Crippen LogP contribution in [0, 0.1) is 0 Å². The van der Waals surface area contributed by atoms with Crippen molar-refractivity contribution >= 4 is 21.9 Å². The lowest BCUT2D eigenvalue weighted by Gasteiger charge is -2.04. The van der Waals surface area contributed by atoms with Crippen molar-refractivity contribution in [2.24, 2.45) is 0 Å². The Morgan fingerprint density at radius 2 is 2.00 bits per heavy atom. The minimum atomic E-state index is -0.392. The van der Waals surface area contributed by atoms with Crippen molar-refractivity contribution in [2.45, 2.75) is 6.61 Å². The van der Waals surface area contributed by atoms with Crippen LogP contribution in [0.4, 0.5) is 0 Å². The third-order valence-electron chi connectivity index (χ3n) is 3.19. The standard InChI is InChI=1S/C17H13BrN2O4/c1-22-17(21)11-5-7-14(8-6-11)23-10-15-19-16(20-24-15)12-3-2-4-13(18)9-12/h2-9H,10H2,1H3. The maximum atomic E-state index is 11.4. The summed E-state index contributed by atoms with van der Waals surface area (Å²) in [7, 11) is 1.34. The fraction of sp³-hybridized carbons (Fsp3) is 0.118. The molecule has 0 unspecified atom stereocenters. The highest BCUT2D eigenvalue weighted by Crippen LogP contribution is 2.21. The number of ether oxygens (including phenoxy) is 2. The van der Waals surface area contributed by atoms with Gasteiger partial charge in [0, 0.05) is 10.0 Å². The first kappa shape index (κ1) is 16.2. The normalized spacial score (nSPS) is 10.4. The van der Waals surface area contributed by atoms with Crippen molar-refractivity contribution in [3.8, 4) is 17.1 Å². The lowest BCUT2D eigenvalue weighted by molar-refractivity contribution is 0.0600. The van der Waals surface area contributed by atoms with Crippen LogP contribution in [0.3, 0.4) is 0 Å². The molecule has 1 heterocycles. The molecular weight excluding hydrogens is 376 g/mol. The van der Waals surface area contributed by atoms with E-state index in [2.05, 4.69) is 30.8 Å². The molecule has 0 radical (unpaired) electrons. The monoisotopic (exact) mass is 388 g/mol. The number of esters is 1.